The summed E-state index contributed by atoms with van der Waals surface area (Å²) in [5.41, 5.74) is 5.58. The van der Waals surface area contributed by atoms with E-state index in [-0.39, 0.29) is 5.60 Å². The second-order valence-electron chi connectivity index (χ2n) is 6.78. The van der Waals surface area contributed by atoms with Crippen molar-refractivity contribution in [2.75, 3.05) is 19.8 Å². The van der Waals surface area contributed by atoms with Crippen molar-refractivity contribution in [2.24, 2.45) is 0 Å². The fourth-order valence-corrected chi connectivity index (χ4v) is 3.80. The summed E-state index contributed by atoms with van der Waals surface area (Å²) in [6.07, 6.45) is 3.23. The van der Waals surface area contributed by atoms with E-state index in [4.69, 9.17) is 9.47 Å². The van der Waals surface area contributed by atoms with Crippen molar-refractivity contribution in [1.29, 1.82) is 0 Å². The molecule has 3 heteroatoms. The van der Waals surface area contributed by atoms with Gasteiger partial charge >= 0.3 is 0 Å². The third-order valence-electron chi connectivity index (χ3n) is 4.97. The average Bonchev–Trinajstić information content (AvgIpc) is 2.85. The van der Waals surface area contributed by atoms with Crippen molar-refractivity contribution in [2.45, 2.75) is 58.2 Å². The second kappa shape index (κ2) is 6.07. The number of hydrogen-bond donors (Lipinski definition) is 1. The van der Waals surface area contributed by atoms with Crippen LogP contribution in [0, 0.1) is 20.8 Å². The van der Waals surface area contributed by atoms with Crippen LogP contribution in [0.15, 0.2) is 12.1 Å². The molecule has 2 aliphatic heterocycles. The standard InChI is InChI=1S/C18H27NO2/c1-13-8-14(2)17(15(3)9-13)11-19-16-4-6-21-18(10-16)5-7-20-12-18/h8-9,16,19H,4-7,10-12H2,1-3H3. The van der Waals surface area contributed by atoms with E-state index in [0.717, 1.165) is 45.6 Å². The lowest BCUT2D eigenvalue weighted by atomic mass is 9.89. The van der Waals surface area contributed by atoms with Gasteiger partial charge in [0, 0.05) is 32.2 Å². The summed E-state index contributed by atoms with van der Waals surface area (Å²) in [5.74, 6) is 0. The smallest absolute Gasteiger partial charge is 0.0951 e. The number of hydrogen-bond acceptors (Lipinski definition) is 3. The van der Waals surface area contributed by atoms with Crippen LogP contribution in [0.2, 0.25) is 0 Å². The van der Waals surface area contributed by atoms with Crippen LogP contribution in [0.3, 0.4) is 0 Å². The fourth-order valence-electron chi connectivity index (χ4n) is 3.80. The largest absolute Gasteiger partial charge is 0.378 e. The van der Waals surface area contributed by atoms with Crippen molar-refractivity contribution < 1.29 is 9.47 Å². The summed E-state index contributed by atoms with van der Waals surface area (Å²) in [6, 6.07) is 5.10. The van der Waals surface area contributed by atoms with Crippen LogP contribution in [-0.4, -0.2) is 31.5 Å². The molecule has 21 heavy (non-hydrogen) atoms. The van der Waals surface area contributed by atoms with Crippen molar-refractivity contribution >= 4 is 0 Å². The van der Waals surface area contributed by atoms with E-state index in [2.05, 4.69) is 38.2 Å². The molecule has 1 aromatic carbocycles. The van der Waals surface area contributed by atoms with Gasteiger partial charge in [0.1, 0.15) is 0 Å². The van der Waals surface area contributed by atoms with Crippen molar-refractivity contribution in [1.82, 2.24) is 5.32 Å². The highest BCUT2D eigenvalue weighted by Crippen LogP contribution is 2.33. The predicted octanol–water partition coefficient (Wildman–Crippen LogP) is 3.04. The molecule has 2 atom stereocenters. The Morgan fingerprint density at radius 1 is 1.19 bits per heavy atom. The van der Waals surface area contributed by atoms with E-state index < -0.39 is 0 Å². The summed E-state index contributed by atoms with van der Waals surface area (Å²) in [5, 5.41) is 3.75. The molecule has 1 aromatic rings. The highest BCUT2D eigenvalue weighted by Gasteiger charge is 2.40. The molecule has 0 amide bonds. The van der Waals surface area contributed by atoms with Crippen molar-refractivity contribution in [3.05, 3.63) is 34.4 Å². The molecule has 0 saturated carbocycles. The molecule has 116 valence electrons. The van der Waals surface area contributed by atoms with Gasteiger partial charge in [-0.2, -0.15) is 0 Å². The van der Waals surface area contributed by atoms with Crippen LogP contribution in [0.1, 0.15) is 41.5 Å². The van der Waals surface area contributed by atoms with Crippen LogP contribution in [0.5, 0.6) is 0 Å². The Morgan fingerprint density at radius 3 is 2.62 bits per heavy atom. The van der Waals surface area contributed by atoms with Crippen LogP contribution in [0.4, 0.5) is 0 Å². The molecule has 2 aliphatic rings. The van der Waals surface area contributed by atoms with E-state index in [1.54, 1.807) is 0 Å². The maximum Gasteiger partial charge on any atom is 0.0951 e. The fraction of sp³-hybridized carbons (Fsp3) is 0.667. The van der Waals surface area contributed by atoms with E-state index >= 15 is 0 Å². The summed E-state index contributed by atoms with van der Waals surface area (Å²) in [6.45, 7) is 10.0. The monoisotopic (exact) mass is 289 g/mol. The zero-order chi connectivity index (χ0) is 14.9. The molecular weight excluding hydrogens is 262 g/mol. The molecule has 1 spiro atoms. The average molecular weight is 289 g/mol. The van der Waals surface area contributed by atoms with Crippen LogP contribution in [0.25, 0.3) is 0 Å². The Hall–Kier alpha value is -0.900. The summed E-state index contributed by atoms with van der Waals surface area (Å²) >= 11 is 0. The van der Waals surface area contributed by atoms with Crippen LogP contribution < -0.4 is 5.32 Å². The Morgan fingerprint density at radius 2 is 1.95 bits per heavy atom. The Bertz CT molecular complexity index is 483. The molecule has 0 bridgehead atoms. The molecule has 3 rings (SSSR count). The SMILES string of the molecule is Cc1cc(C)c(CNC2CCOC3(CCOC3)C2)c(C)c1. The third kappa shape index (κ3) is 3.31. The lowest BCUT2D eigenvalue weighted by molar-refractivity contribution is -0.0894. The van der Waals surface area contributed by atoms with E-state index in [1.165, 1.54) is 22.3 Å². The van der Waals surface area contributed by atoms with Crippen LogP contribution in [-0.2, 0) is 16.0 Å². The first-order chi connectivity index (χ1) is 10.1. The van der Waals surface area contributed by atoms with E-state index in [0.29, 0.717) is 6.04 Å². The second-order valence-corrected chi connectivity index (χ2v) is 6.78. The van der Waals surface area contributed by atoms with Gasteiger partial charge in [0.05, 0.1) is 12.2 Å². The summed E-state index contributed by atoms with van der Waals surface area (Å²) in [7, 11) is 0. The molecule has 1 N–H and O–H groups in total. The molecule has 2 unspecified atom stereocenters. The molecule has 0 aliphatic carbocycles. The van der Waals surface area contributed by atoms with Gasteiger partial charge in [0.2, 0.25) is 0 Å². The van der Waals surface area contributed by atoms with Gasteiger partial charge < -0.3 is 14.8 Å². The van der Waals surface area contributed by atoms with Gasteiger partial charge in [-0.05, 0) is 50.3 Å². The van der Waals surface area contributed by atoms with E-state index in [9.17, 15) is 0 Å². The molecule has 2 heterocycles. The zero-order valence-corrected chi connectivity index (χ0v) is 13.5. The lowest BCUT2D eigenvalue weighted by Crippen LogP contribution is -2.47. The highest BCUT2D eigenvalue weighted by atomic mass is 16.6. The number of benzene rings is 1. The maximum absolute atomic E-state index is 6.01. The maximum atomic E-state index is 6.01. The Kier molecular flexibility index (Phi) is 4.34. The van der Waals surface area contributed by atoms with Gasteiger partial charge in [-0.15, -0.1) is 0 Å². The lowest BCUT2D eigenvalue weighted by Gasteiger charge is -2.37. The molecule has 0 aromatic heterocycles. The number of ether oxygens (including phenoxy) is 2. The van der Waals surface area contributed by atoms with Gasteiger partial charge in [-0.25, -0.2) is 0 Å². The first-order valence-corrected chi connectivity index (χ1v) is 8.10. The first kappa shape index (κ1) is 15.0. The van der Waals surface area contributed by atoms with Gasteiger partial charge in [-0.3, -0.25) is 0 Å². The van der Waals surface area contributed by atoms with Gasteiger partial charge in [0.15, 0.2) is 0 Å². The minimum absolute atomic E-state index is 0.00666. The molecular formula is C18H27NO2. The minimum atomic E-state index is -0.00666. The highest BCUT2D eigenvalue weighted by molar-refractivity contribution is 5.37. The number of aryl methyl sites for hydroxylation is 3. The number of nitrogens with one attached hydrogen (secondary N) is 1. The normalized spacial score (nSPS) is 29.2. The third-order valence-corrected chi connectivity index (χ3v) is 4.97. The van der Waals surface area contributed by atoms with Gasteiger partial charge in [0.25, 0.3) is 0 Å². The van der Waals surface area contributed by atoms with Crippen molar-refractivity contribution in [3.63, 3.8) is 0 Å². The number of rotatable bonds is 3. The van der Waals surface area contributed by atoms with Crippen LogP contribution >= 0.6 is 0 Å². The van der Waals surface area contributed by atoms with Crippen molar-refractivity contribution in [3.8, 4) is 0 Å². The van der Waals surface area contributed by atoms with E-state index in [1.807, 2.05) is 0 Å². The predicted molar refractivity (Wildman–Crippen MR) is 84.6 cm³/mol. The zero-order valence-electron chi connectivity index (χ0n) is 13.5. The first-order valence-electron chi connectivity index (χ1n) is 8.10. The minimum Gasteiger partial charge on any atom is -0.378 e. The quantitative estimate of drug-likeness (QED) is 0.928. The summed E-state index contributed by atoms with van der Waals surface area (Å²) < 4.78 is 11.6. The van der Waals surface area contributed by atoms with Gasteiger partial charge in [-0.1, -0.05) is 17.7 Å². The topological polar surface area (TPSA) is 30.5 Å². The molecule has 2 saturated heterocycles. The Balaban J connectivity index is 1.62. The summed E-state index contributed by atoms with van der Waals surface area (Å²) in [4.78, 5) is 0. The Labute approximate surface area is 128 Å². The molecule has 3 nitrogen and oxygen atoms in total. The molecule has 2 fully saturated rings. The molecule has 0 radical (unpaired) electrons.